The minimum absolute atomic E-state index is 0.108. The van der Waals surface area contributed by atoms with Gasteiger partial charge in [0.05, 0.1) is 5.75 Å². The molecule has 0 spiro atoms. The topological polar surface area (TPSA) is 72.5 Å². The van der Waals surface area contributed by atoms with Gasteiger partial charge in [0.1, 0.15) is 5.75 Å². The van der Waals surface area contributed by atoms with Gasteiger partial charge in [-0.05, 0) is 30.5 Å². The molecule has 2 rings (SSSR count). The molecule has 0 saturated carbocycles. The summed E-state index contributed by atoms with van der Waals surface area (Å²) in [5.41, 5.74) is 2.80. The predicted molar refractivity (Wildman–Crippen MR) is 80.8 cm³/mol. The van der Waals surface area contributed by atoms with Crippen LogP contribution in [0.2, 0.25) is 0 Å². The number of aryl methyl sites for hydroxylation is 2. The van der Waals surface area contributed by atoms with Gasteiger partial charge in [0, 0.05) is 24.9 Å². The number of sulfone groups is 1. The number of benzene rings is 1. The second-order valence-corrected chi connectivity index (χ2v) is 7.23. The Morgan fingerprint density at radius 3 is 2.43 bits per heavy atom. The molecule has 1 aromatic rings. The average molecular weight is 309 g/mol. The van der Waals surface area contributed by atoms with Gasteiger partial charge in [0.15, 0.2) is 9.84 Å². The van der Waals surface area contributed by atoms with E-state index >= 15 is 0 Å². The van der Waals surface area contributed by atoms with E-state index in [9.17, 15) is 13.2 Å². The highest BCUT2D eigenvalue weighted by molar-refractivity contribution is 7.94. The van der Waals surface area contributed by atoms with Crippen LogP contribution < -0.4 is 10.1 Å². The number of rotatable bonds is 4. The van der Waals surface area contributed by atoms with E-state index in [2.05, 4.69) is 5.32 Å². The van der Waals surface area contributed by atoms with Gasteiger partial charge in [-0.1, -0.05) is 18.2 Å². The van der Waals surface area contributed by atoms with Gasteiger partial charge < -0.3 is 10.1 Å². The summed E-state index contributed by atoms with van der Waals surface area (Å²) in [4.78, 5) is 11.1. The fourth-order valence-electron chi connectivity index (χ4n) is 2.40. The van der Waals surface area contributed by atoms with Crippen molar-refractivity contribution in [1.29, 1.82) is 0 Å². The number of carbonyl (C=O) groups excluding carboxylic acids is 1. The Kier molecular flexibility index (Phi) is 4.49. The normalized spacial score (nSPS) is 19.7. The SMILES string of the molecule is CC(=O)Oc1c(C)cc(CN[C@@H]2C=CS(=O)(=O)C2)cc1C. The molecule has 1 atom stereocenters. The lowest BCUT2D eigenvalue weighted by atomic mass is 10.1. The van der Waals surface area contributed by atoms with Gasteiger partial charge in [-0.3, -0.25) is 4.79 Å². The average Bonchev–Trinajstić information content (AvgIpc) is 2.71. The largest absolute Gasteiger partial charge is 0.426 e. The zero-order valence-corrected chi connectivity index (χ0v) is 13.2. The number of esters is 1. The van der Waals surface area contributed by atoms with Gasteiger partial charge in [-0.2, -0.15) is 0 Å². The highest BCUT2D eigenvalue weighted by atomic mass is 32.2. The van der Waals surface area contributed by atoms with Crippen LogP contribution in [0.3, 0.4) is 0 Å². The monoisotopic (exact) mass is 309 g/mol. The molecule has 0 aromatic heterocycles. The van der Waals surface area contributed by atoms with Crippen LogP contribution in [0, 0.1) is 13.8 Å². The van der Waals surface area contributed by atoms with Gasteiger partial charge in [0.2, 0.25) is 0 Å². The second-order valence-electron chi connectivity index (χ2n) is 5.30. The molecule has 5 nitrogen and oxygen atoms in total. The molecule has 6 heteroatoms. The Bertz CT molecular complexity index is 669. The molecule has 21 heavy (non-hydrogen) atoms. The third-order valence-corrected chi connectivity index (χ3v) is 4.66. The minimum atomic E-state index is -3.04. The van der Waals surface area contributed by atoms with Crippen molar-refractivity contribution in [3.63, 3.8) is 0 Å². The van der Waals surface area contributed by atoms with Crippen LogP contribution in [0.1, 0.15) is 23.6 Å². The number of hydrogen-bond donors (Lipinski definition) is 1. The van der Waals surface area contributed by atoms with Crippen molar-refractivity contribution < 1.29 is 17.9 Å². The summed E-state index contributed by atoms with van der Waals surface area (Å²) in [5, 5.41) is 4.45. The fraction of sp³-hybridized carbons (Fsp3) is 0.400. The first-order chi connectivity index (χ1) is 9.77. The van der Waals surface area contributed by atoms with Crippen molar-refractivity contribution in [1.82, 2.24) is 5.32 Å². The van der Waals surface area contributed by atoms with Crippen molar-refractivity contribution in [2.24, 2.45) is 0 Å². The summed E-state index contributed by atoms with van der Waals surface area (Å²) in [5.74, 6) is 0.360. The number of ether oxygens (including phenoxy) is 1. The van der Waals surface area contributed by atoms with Crippen molar-refractivity contribution in [3.05, 3.63) is 40.3 Å². The second kappa shape index (κ2) is 5.99. The van der Waals surface area contributed by atoms with Gasteiger partial charge in [-0.15, -0.1) is 0 Å². The van der Waals surface area contributed by atoms with Crippen LogP contribution in [0.25, 0.3) is 0 Å². The molecule has 0 bridgehead atoms. The molecule has 0 unspecified atom stereocenters. The lowest BCUT2D eigenvalue weighted by Crippen LogP contribution is -2.29. The quantitative estimate of drug-likeness (QED) is 0.676. The Balaban J connectivity index is 2.05. The molecule has 1 aliphatic rings. The van der Waals surface area contributed by atoms with Crippen LogP contribution in [-0.4, -0.2) is 26.2 Å². The molecular weight excluding hydrogens is 290 g/mol. The van der Waals surface area contributed by atoms with Crippen molar-refractivity contribution in [2.45, 2.75) is 33.4 Å². The van der Waals surface area contributed by atoms with Gasteiger partial charge in [0.25, 0.3) is 0 Å². The molecule has 1 aliphatic heterocycles. The summed E-state index contributed by atoms with van der Waals surface area (Å²) in [6, 6.07) is 3.72. The van der Waals surface area contributed by atoms with Crippen LogP contribution in [0.4, 0.5) is 0 Å². The number of carbonyl (C=O) groups is 1. The zero-order chi connectivity index (χ0) is 15.6. The van der Waals surface area contributed by atoms with Crippen LogP contribution >= 0.6 is 0 Å². The maximum atomic E-state index is 11.3. The summed E-state index contributed by atoms with van der Waals surface area (Å²) < 4.78 is 27.9. The fourth-order valence-corrected chi connectivity index (χ4v) is 3.67. The molecule has 1 N–H and O–H groups in total. The Morgan fingerprint density at radius 2 is 1.95 bits per heavy atom. The molecular formula is C15H19NO4S. The predicted octanol–water partition coefficient (Wildman–Crippen LogP) is 1.63. The minimum Gasteiger partial charge on any atom is -0.426 e. The highest BCUT2D eigenvalue weighted by Gasteiger charge is 2.21. The number of hydrogen-bond acceptors (Lipinski definition) is 5. The third kappa shape index (κ3) is 4.15. The van der Waals surface area contributed by atoms with E-state index in [4.69, 9.17) is 4.74 Å². The molecule has 0 saturated heterocycles. The van der Waals surface area contributed by atoms with E-state index in [1.54, 1.807) is 6.08 Å². The maximum absolute atomic E-state index is 11.3. The Labute approximate surface area is 124 Å². The van der Waals surface area contributed by atoms with Crippen LogP contribution in [-0.2, 0) is 21.2 Å². The Hall–Kier alpha value is -1.66. The zero-order valence-electron chi connectivity index (χ0n) is 12.3. The summed E-state index contributed by atoms with van der Waals surface area (Å²) in [7, 11) is -3.04. The highest BCUT2D eigenvalue weighted by Crippen LogP contribution is 2.25. The Morgan fingerprint density at radius 1 is 1.33 bits per heavy atom. The van der Waals surface area contributed by atoms with E-state index in [0.717, 1.165) is 16.7 Å². The van der Waals surface area contributed by atoms with E-state index in [0.29, 0.717) is 12.3 Å². The standard InChI is InChI=1S/C15H19NO4S/c1-10-6-13(7-11(2)15(10)20-12(3)17)8-16-14-4-5-21(18,19)9-14/h4-7,14,16H,8-9H2,1-3H3/t14-/m1/s1. The first kappa shape index (κ1) is 15.7. The maximum Gasteiger partial charge on any atom is 0.308 e. The molecule has 0 radical (unpaired) electrons. The van der Waals surface area contributed by atoms with Gasteiger partial charge in [-0.25, -0.2) is 8.42 Å². The van der Waals surface area contributed by atoms with Crippen LogP contribution in [0.15, 0.2) is 23.6 Å². The lowest BCUT2D eigenvalue weighted by Gasteiger charge is -2.14. The molecule has 0 aliphatic carbocycles. The van der Waals surface area contributed by atoms with Crippen molar-refractivity contribution in [3.8, 4) is 5.75 Å². The van der Waals surface area contributed by atoms with Crippen LogP contribution in [0.5, 0.6) is 5.75 Å². The van der Waals surface area contributed by atoms with Crippen molar-refractivity contribution in [2.75, 3.05) is 5.75 Å². The molecule has 0 amide bonds. The smallest absolute Gasteiger partial charge is 0.308 e. The van der Waals surface area contributed by atoms with Gasteiger partial charge >= 0.3 is 5.97 Å². The summed E-state index contributed by atoms with van der Waals surface area (Å²) in [6.45, 7) is 5.71. The first-order valence-electron chi connectivity index (χ1n) is 6.70. The lowest BCUT2D eigenvalue weighted by molar-refractivity contribution is -0.131. The van der Waals surface area contributed by atoms with E-state index < -0.39 is 9.84 Å². The number of nitrogens with one attached hydrogen (secondary N) is 1. The van der Waals surface area contributed by atoms with E-state index in [1.807, 2.05) is 26.0 Å². The summed E-state index contributed by atoms with van der Waals surface area (Å²) >= 11 is 0. The third-order valence-electron chi connectivity index (χ3n) is 3.26. The molecule has 1 aromatic carbocycles. The van der Waals surface area contributed by atoms with Crippen molar-refractivity contribution >= 4 is 15.8 Å². The van der Waals surface area contributed by atoms with E-state index in [1.165, 1.54) is 12.3 Å². The summed E-state index contributed by atoms with van der Waals surface area (Å²) in [6.07, 6.45) is 1.67. The van der Waals surface area contributed by atoms with E-state index in [-0.39, 0.29) is 17.8 Å². The first-order valence-corrected chi connectivity index (χ1v) is 8.41. The molecule has 1 heterocycles. The molecule has 0 fully saturated rings. The molecule has 114 valence electrons.